The third kappa shape index (κ3) is 3.93. The number of nitrogens with one attached hydrogen (secondary N) is 3. The molecule has 0 radical (unpaired) electrons. The monoisotopic (exact) mass is 370 g/mol. The van der Waals surface area contributed by atoms with Crippen molar-refractivity contribution in [2.75, 3.05) is 18.9 Å². The topological polar surface area (TPSA) is 100 Å². The zero-order chi connectivity index (χ0) is 19.0. The first kappa shape index (κ1) is 17.9. The molecule has 9 heteroatoms. The molecule has 0 bridgehead atoms. The Hall–Kier alpha value is -2.52. The van der Waals surface area contributed by atoms with Gasteiger partial charge in [-0.1, -0.05) is 0 Å². The number of anilines is 1. The van der Waals surface area contributed by atoms with Crippen LogP contribution in [0.1, 0.15) is 30.4 Å². The van der Waals surface area contributed by atoms with E-state index in [1.807, 2.05) is 33.0 Å². The van der Waals surface area contributed by atoms with Gasteiger partial charge in [0.05, 0.1) is 5.69 Å². The Morgan fingerprint density at radius 3 is 2.85 bits per heavy atom. The summed E-state index contributed by atoms with van der Waals surface area (Å²) in [5.74, 6) is 0.807. The summed E-state index contributed by atoms with van der Waals surface area (Å²) in [6, 6.07) is 4.59. The van der Waals surface area contributed by atoms with Crippen LogP contribution in [0.3, 0.4) is 0 Å². The highest BCUT2D eigenvalue weighted by molar-refractivity contribution is 5.90. The number of nitrogens with zero attached hydrogens (tertiary/aromatic N) is 5. The van der Waals surface area contributed by atoms with E-state index in [-0.39, 0.29) is 12.1 Å². The average Bonchev–Trinajstić information content (AvgIpc) is 3.15. The lowest BCUT2D eigenvalue weighted by atomic mass is 10.1. The van der Waals surface area contributed by atoms with Gasteiger partial charge in [0.1, 0.15) is 6.33 Å². The largest absolute Gasteiger partial charge is 0.326 e. The van der Waals surface area contributed by atoms with E-state index in [0.29, 0.717) is 12.6 Å². The molecule has 27 heavy (non-hydrogen) atoms. The van der Waals surface area contributed by atoms with Gasteiger partial charge in [0.25, 0.3) is 0 Å². The molecule has 0 spiro atoms. The van der Waals surface area contributed by atoms with Crippen LogP contribution in [0, 0.1) is 19.8 Å². The number of hydrogen-bond donors (Lipinski definition) is 3. The molecule has 1 saturated carbocycles. The molecule has 2 amide bonds. The summed E-state index contributed by atoms with van der Waals surface area (Å²) in [7, 11) is 1.83. The summed E-state index contributed by atoms with van der Waals surface area (Å²) in [5.41, 5.74) is 10.4. The summed E-state index contributed by atoms with van der Waals surface area (Å²) >= 11 is 0. The predicted octanol–water partition coefficient (Wildman–Crippen LogP) is 1.39. The molecule has 2 heterocycles. The number of tetrazole rings is 1. The molecular weight excluding hydrogens is 344 g/mol. The third-order valence-corrected chi connectivity index (χ3v) is 5.55. The minimum atomic E-state index is -0.122. The van der Waals surface area contributed by atoms with Crippen LogP contribution < -0.4 is 16.2 Å². The van der Waals surface area contributed by atoms with Gasteiger partial charge in [-0.15, -0.1) is 5.10 Å². The first-order valence-electron chi connectivity index (χ1n) is 9.39. The SMILES string of the molecule is Cc1cc(-n2cnnn2)cc(NC(=O)N(C)CC2CC(C3CC3)NN2)c1C. The molecule has 144 valence electrons. The van der Waals surface area contributed by atoms with E-state index < -0.39 is 0 Å². The van der Waals surface area contributed by atoms with Gasteiger partial charge in [-0.3, -0.25) is 10.9 Å². The molecule has 2 unspecified atom stereocenters. The smallest absolute Gasteiger partial charge is 0.321 e. The van der Waals surface area contributed by atoms with Crippen LogP contribution >= 0.6 is 0 Å². The lowest BCUT2D eigenvalue weighted by Crippen LogP contribution is -2.43. The Kier molecular flexibility index (Phi) is 4.79. The number of carbonyl (C=O) groups is 1. The minimum Gasteiger partial charge on any atom is -0.326 e. The first-order chi connectivity index (χ1) is 13.0. The highest BCUT2D eigenvalue weighted by Crippen LogP contribution is 2.35. The van der Waals surface area contributed by atoms with Crippen molar-refractivity contribution in [3.05, 3.63) is 29.6 Å². The van der Waals surface area contributed by atoms with Gasteiger partial charge in [-0.25, -0.2) is 9.48 Å². The molecule has 9 nitrogen and oxygen atoms in total. The third-order valence-electron chi connectivity index (χ3n) is 5.55. The van der Waals surface area contributed by atoms with Gasteiger partial charge in [-0.05, 0) is 72.7 Å². The summed E-state index contributed by atoms with van der Waals surface area (Å²) in [6.07, 6.45) is 5.24. The van der Waals surface area contributed by atoms with Crippen molar-refractivity contribution in [1.82, 2.24) is 36.0 Å². The molecular formula is C18H26N8O. The van der Waals surface area contributed by atoms with E-state index in [0.717, 1.165) is 34.8 Å². The highest BCUT2D eigenvalue weighted by Gasteiger charge is 2.36. The van der Waals surface area contributed by atoms with E-state index in [1.54, 1.807) is 9.58 Å². The van der Waals surface area contributed by atoms with Crippen molar-refractivity contribution in [2.45, 2.75) is 45.2 Å². The second-order valence-corrected chi connectivity index (χ2v) is 7.67. The molecule has 3 N–H and O–H groups in total. The lowest BCUT2D eigenvalue weighted by Gasteiger charge is -2.22. The number of benzene rings is 1. The summed E-state index contributed by atoms with van der Waals surface area (Å²) in [4.78, 5) is 14.4. The van der Waals surface area contributed by atoms with Crippen LogP contribution in [-0.2, 0) is 0 Å². The van der Waals surface area contributed by atoms with Crippen LogP contribution in [0.15, 0.2) is 18.5 Å². The Balaban J connectivity index is 1.41. The minimum absolute atomic E-state index is 0.122. The maximum absolute atomic E-state index is 12.7. The van der Waals surface area contributed by atoms with Crippen LogP contribution in [0.4, 0.5) is 10.5 Å². The van der Waals surface area contributed by atoms with Crippen molar-refractivity contribution in [2.24, 2.45) is 5.92 Å². The molecule has 4 rings (SSSR count). The molecule has 1 aromatic heterocycles. The molecule has 2 fully saturated rings. The van der Waals surface area contributed by atoms with Gasteiger partial charge in [-0.2, -0.15) is 0 Å². The maximum Gasteiger partial charge on any atom is 0.321 e. The number of hydrazine groups is 1. The quantitative estimate of drug-likeness (QED) is 0.735. The number of urea groups is 1. The highest BCUT2D eigenvalue weighted by atomic mass is 16.2. The molecule has 1 aliphatic carbocycles. The second kappa shape index (κ2) is 7.24. The summed E-state index contributed by atoms with van der Waals surface area (Å²) < 4.78 is 1.58. The van der Waals surface area contributed by atoms with Crippen molar-refractivity contribution in [3.8, 4) is 5.69 Å². The van der Waals surface area contributed by atoms with E-state index in [9.17, 15) is 4.79 Å². The van der Waals surface area contributed by atoms with Crippen LogP contribution in [0.2, 0.25) is 0 Å². The Morgan fingerprint density at radius 1 is 1.33 bits per heavy atom. The number of amides is 2. The number of aryl methyl sites for hydroxylation is 1. The molecule has 1 aliphatic heterocycles. The first-order valence-corrected chi connectivity index (χ1v) is 9.39. The van der Waals surface area contributed by atoms with Crippen molar-refractivity contribution >= 4 is 11.7 Å². The van der Waals surface area contributed by atoms with Crippen molar-refractivity contribution in [1.29, 1.82) is 0 Å². The number of hydrogen-bond acceptors (Lipinski definition) is 6. The fourth-order valence-corrected chi connectivity index (χ4v) is 3.58. The normalized spacial score (nSPS) is 22.0. The lowest BCUT2D eigenvalue weighted by molar-refractivity contribution is 0.217. The Bertz CT molecular complexity index is 817. The van der Waals surface area contributed by atoms with Gasteiger partial charge in [0.2, 0.25) is 0 Å². The number of rotatable bonds is 5. The van der Waals surface area contributed by atoms with E-state index >= 15 is 0 Å². The van der Waals surface area contributed by atoms with E-state index in [2.05, 4.69) is 31.7 Å². The maximum atomic E-state index is 12.7. The average molecular weight is 370 g/mol. The second-order valence-electron chi connectivity index (χ2n) is 7.67. The molecule has 2 aromatic rings. The molecule has 1 aromatic carbocycles. The van der Waals surface area contributed by atoms with Crippen molar-refractivity contribution < 1.29 is 4.79 Å². The van der Waals surface area contributed by atoms with E-state index in [1.165, 1.54) is 19.2 Å². The van der Waals surface area contributed by atoms with Crippen molar-refractivity contribution in [3.63, 3.8) is 0 Å². The van der Waals surface area contributed by atoms with Crippen LogP contribution in [0.25, 0.3) is 5.69 Å². The molecule has 2 atom stereocenters. The Morgan fingerprint density at radius 2 is 2.15 bits per heavy atom. The number of likely N-dealkylation sites (N-methyl/N-ethyl adjacent to an activating group) is 1. The van der Waals surface area contributed by atoms with Gasteiger partial charge >= 0.3 is 6.03 Å². The summed E-state index contributed by atoms with van der Waals surface area (Å²) in [6.45, 7) is 4.67. The molecule has 1 saturated heterocycles. The Labute approximate surface area is 158 Å². The van der Waals surface area contributed by atoms with Crippen LogP contribution in [0.5, 0.6) is 0 Å². The summed E-state index contributed by atoms with van der Waals surface area (Å²) in [5, 5.41) is 14.3. The fraction of sp³-hybridized carbons (Fsp3) is 0.556. The van der Waals surface area contributed by atoms with E-state index in [4.69, 9.17) is 0 Å². The van der Waals surface area contributed by atoms with Gasteiger partial charge < -0.3 is 10.2 Å². The predicted molar refractivity (Wildman–Crippen MR) is 101 cm³/mol. The number of aromatic nitrogens is 4. The van der Waals surface area contributed by atoms with Gasteiger partial charge in [0.15, 0.2) is 0 Å². The number of carbonyl (C=O) groups excluding carboxylic acids is 1. The fourth-order valence-electron chi connectivity index (χ4n) is 3.58. The molecule has 2 aliphatic rings. The zero-order valence-corrected chi connectivity index (χ0v) is 15.9. The zero-order valence-electron chi connectivity index (χ0n) is 15.9. The van der Waals surface area contributed by atoms with Gasteiger partial charge in [0, 0.05) is 31.4 Å². The van der Waals surface area contributed by atoms with Crippen LogP contribution in [-0.4, -0.2) is 56.8 Å². The standard InChI is InChI=1S/C18H26N8O/c1-11-6-15(26-10-19-23-24-26)8-16(12(11)2)20-18(27)25(3)9-14-7-17(22-21-14)13-4-5-13/h6,8,10,13-14,17,21-22H,4-5,7,9H2,1-3H3,(H,20,27).